The summed E-state index contributed by atoms with van der Waals surface area (Å²) in [5, 5.41) is 10.00. The largest absolute Gasteiger partial charge is 0.507 e. The van der Waals surface area contributed by atoms with Gasteiger partial charge in [-0.25, -0.2) is 0 Å². The number of amides is 1. The van der Waals surface area contributed by atoms with Crippen molar-refractivity contribution in [1.82, 2.24) is 14.8 Å². The van der Waals surface area contributed by atoms with Gasteiger partial charge in [0.2, 0.25) is 0 Å². The molecular weight excluding hydrogens is 330 g/mol. The Kier molecular flexibility index (Phi) is 5.42. The molecule has 1 aromatic heterocycles. The van der Waals surface area contributed by atoms with Crippen molar-refractivity contribution in [2.45, 2.75) is 31.8 Å². The summed E-state index contributed by atoms with van der Waals surface area (Å²) < 4.78 is 0. The fourth-order valence-electron chi connectivity index (χ4n) is 3.52. The van der Waals surface area contributed by atoms with Gasteiger partial charge in [-0.3, -0.25) is 9.59 Å². The number of carbonyl (C=O) groups excluding carboxylic acids is 1. The summed E-state index contributed by atoms with van der Waals surface area (Å²) in [4.78, 5) is 30.6. The fraction of sp³-hybridized carbons (Fsp3) is 0.400. The van der Waals surface area contributed by atoms with Crippen molar-refractivity contribution in [1.29, 1.82) is 0 Å². The number of likely N-dealkylation sites (tertiary alicyclic amines) is 1. The van der Waals surface area contributed by atoms with Crippen LogP contribution in [0.1, 0.15) is 46.8 Å². The molecule has 1 fully saturated rings. The first-order valence-corrected chi connectivity index (χ1v) is 8.92. The van der Waals surface area contributed by atoms with E-state index in [0.29, 0.717) is 6.54 Å². The molecule has 2 aromatic rings. The van der Waals surface area contributed by atoms with Gasteiger partial charge in [0.05, 0.1) is 11.6 Å². The number of benzene rings is 1. The molecule has 0 radical (unpaired) electrons. The maximum atomic E-state index is 13.0. The zero-order valence-corrected chi connectivity index (χ0v) is 15.2. The van der Waals surface area contributed by atoms with Crippen molar-refractivity contribution >= 4 is 5.91 Å². The lowest BCUT2D eigenvalue weighted by atomic mass is 9.93. The number of nitrogens with one attached hydrogen (secondary N) is 1. The predicted octanol–water partition coefficient (Wildman–Crippen LogP) is 2.51. The monoisotopic (exact) mass is 355 g/mol. The average Bonchev–Trinajstić information content (AvgIpc) is 2.61. The number of nitrogens with zero attached hydrogens (tertiary/aromatic N) is 2. The van der Waals surface area contributed by atoms with Crippen LogP contribution < -0.4 is 5.56 Å². The number of hydrogen-bond donors (Lipinski definition) is 2. The third-order valence-electron chi connectivity index (χ3n) is 4.76. The summed E-state index contributed by atoms with van der Waals surface area (Å²) in [5.41, 5.74) is 2.04. The van der Waals surface area contributed by atoms with E-state index in [-0.39, 0.29) is 23.3 Å². The van der Waals surface area contributed by atoms with E-state index in [1.165, 1.54) is 11.8 Å². The normalized spacial score (nSPS) is 17.5. The molecule has 0 saturated carbocycles. The highest BCUT2D eigenvalue weighted by Gasteiger charge is 2.30. The molecule has 1 aliphatic rings. The van der Waals surface area contributed by atoms with Crippen molar-refractivity contribution in [2.24, 2.45) is 0 Å². The van der Waals surface area contributed by atoms with Crippen molar-refractivity contribution in [3.05, 3.63) is 63.6 Å². The Morgan fingerprint density at radius 2 is 2.00 bits per heavy atom. The van der Waals surface area contributed by atoms with Crippen LogP contribution in [0.2, 0.25) is 0 Å². The Balaban J connectivity index is 1.85. The second-order valence-electron chi connectivity index (χ2n) is 7.09. The molecule has 0 bridgehead atoms. The summed E-state index contributed by atoms with van der Waals surface area (Å²) >= 11 is 0. The Bertz CT molecular complexity index is 827. The number of hydrogen-bond acceptors (Lipinski definition) is 4. The van der Waals surface area contributed by atoms with Crippen LogP contribution in [0.3, 0.4) is 0 Å². The van der Waals surface area contributed by atoms with Gasteiger partial charge >= 0.3 is 0 Å². The van der Waals surface area contributed by atoms with E-state index >= 15 is 0 Å². The van der Waals surface area contributed by atoms with Crippen molar-refractivity contribution < 1.29 is 9.90 Å². The molecule has 1 saturated heterocycles. The minimum Gasteiger partial charge on any atom is -0.507 e. The lowest BCUT2D eigenvalue weighted by Crippen LogP contribution is -2.38. The zero-order valence-electron chi connectivity index (χ0n) is 15.2. The Hall–Kier alpha value is -2.60. The molecule has 26 heavy (non-hydrogen) atoms. The van der Waals surface area contributed by atoms with Crippen molar-refractivity contribution in [3.63, 3.8) is 0 Å². The lowest BCUT2D eigenvalue weighted by molar-refractivity contribution is 0.0608. The molecule has 6 heteroatoms. The van der Waals surface area contributed by atoms with Crippen LogP contribution in [-0.4, -0.2) is 46.4 Å². The maximum Gasteiger partial charge on any atom is 0.259 e. The van der Waals surface area contributed by atoms with E-state index < -0.39 is 5.56 Å². The van der Waals surface area contributed by atoms with Crippen LogP contribution in [0.5, 0.6) is 5.75 Å². The van der Waals surface area contributed by atoms with Gasteiger partial charge in [-0.2, -0.15) is 0 Å². The SMILES string of the molecule is CN(C)Cc1ccc([C@@H]2CCCCN2C(=O)c2c[nH]c(=O)cc2O)cc1. The number of aromatic hydroxyl groups is 1. The summed E-state index contributed by atoms with van der Waals surface area (Å²) in [5.74, 6) is -0.523. The number of aromatic nitrogens is 1. The first kappa shape index (κ1) is 18.2. The maximum absolute atomic E-state index is 13.0. The third-order valence-corrected chi connectivity index (χ3v) is 4.76. The molecule has 1 aromatic carbocycles. The molecule has 1 atom stereocenters. The topological polar surface area (TPSA) is 76.6 Å². The second kappa shape index (κ2) is 7.74. The standard InChI is InChI=1S/C20H25N3O3/c1-22(2)13-14-6-8-15(9-7-14)17-5-3-4-10-23(17)20(26)16-12-21-19(25)11-18(16)24/h6-9,11-12,17H,3-5,10,13H2,1-2H3,(H2,21,24,25)/t17-/m0/s1. The van der Waals surface area contributed by atoms with Crippen LogP contribution in [0, 0.1) is 0 Å². The molecule has 0 unspecified atom stereocenters. The number of aromatic amines is 1. The van der Waals surface area contributed by atoms with Gasteiger partial charge in [-0.05, 0) is 44.5 Å². The lowest BCUT2D eigenvalue weighted by Gasteiger charge is -2.36. The Labute approximate surface area is 153 Å². The van der Waals surface area contributed by atoms with Gasteiger partial charge in [0.25, 0.3) is 11.5 Å². The summed E-state index contributed by atoms with van der Waals surface area (Å²) in [6.45, 7) is 1.51. The van der Waals surface area contributed by atoms with Crippen LogP contribution >= 0.6 is 0 Å². The van der Waals surface area contributed by atoms with Crippen LogP contribution in [-0.2, 0) is 6.54 Å². The van der Waals surface area contributed by atoms with E-state index in [1.54, 1.807) is 4.90 Å². The van der Waals surface area contributed by atoms with Gasteiger partial charge in [0.1, 0.15) is 5.75 Å². The van der Waals surface area contributed by atoms with Gasteiger partial charge in [-0.15, -0.1) is 0 Å². The third kappa shape index (κ3) is 3.96. The summed E-state index contributed by atoms with van der Waals surface area (Å²) in [6.07, 6.45) is 4.19. The van der Waals surface area contributed by atoms with E-state index in [4.69, 9.17) is 0 Å². The smallest absolute Gasteiger partial charge is 0.259 e. The molecule has 0 spiro atoms. The highest BCUT2D eigenvalue weighted by molar-refractivity contribution is 5.96. The van der Waals surface area contributed by atoms with Crippen LogP contribution in [0.15, 0.2) is 41.3 Å². The molecule has 2 N–H and O–H groups in total. The minimum absolute atomic E-state index is 0.0176. The molecule has 1 aliphatic heterocycles. The van der Waals surface area contributed by atoms with E-state index in [9.17, 15) is 14.7 Å². The summed E-state index contributed by atoms with van der Waals surface area (Å²) in [6, 6.07) is 9.40. The highest BCUT2D eigenvalue weighted by atomic mass is 16.3. The number of piperidine rings is 1. The van der Waals surface area contributed by atoms with Gasteiger partial charge in [-0.1, -0.05) is 24.3 Å². The van der Waals surface area contributed by atoms with Gasteiger partial charge in [0.15, 0.2) is 0 Å². The number of carbonyl (C=O) groups is 1. The van der Waals surface area contributed by atoms with Gasteiger partial charge in [0, 0.05) is 25.4 Å². The van der Waals surface area contributed by atoms with E-state index in [0.717, 1.165) is 37.4 Å². The second-order valence-corrected chi connectivity index (χ2v) is 7.09. The number of pyridine rings is 1. The van der Waals surface area contributed by atoms with Gasteiger partial charge < -0.3 is 19.9 Å². The Morgan fingerprint density at radius 1 is 1.27 bits per heavy atom. The average molecular weight is 355 g/mol. The Morgan fingerprint density at radius 3 is 2.65 bits per heavy atom. The van der Waals surface area contributed by atoms with E-state index in [1.807, 2.05) is 14.1 Å². The summed E-state index contributed by atoms with van der Waals surface area (Å²) in [7, 11) is 4.07. The first-order valence-electron chi connectivity index (χ1n) is 8.92. The minimum atomic E-state index is -0.425. The molecule has 138 valence electrons. The van der Waals surface area contributed by atoms with E-state index in [2.05, 4.69) is 34.1 Å². The number of H-pyrrole nitrogens is 1. The van der Waals surface area contributed by atoms with Crippen molar-refractivity contribution in [3.8, 4) is 5.75 Å². The molecular formula is C20H25N3O3. The molecule has 2 heterocycles. The molecule has 6 nitrogen and oxygen atoms in total. The van der Waals surface area contributed by atoms with Crippen molar-refractivity contribution in [2.75, 3.05) is 20.6 Å². The molecule has 1 amide bonds. The fourth-order valence-corrected chi connectivity index (χ4v) is 3.52. The highest BCUT2D eigenvalue weighted by Crippen LogP contribution is 2.33. The number of rotatable bonds is 4. The first-order chi connectivity index (χ1) is 12.5. The van der Waals surface area contributed by atoms with Crippen LogP contribution in [0.4, 0.5) is 0 Å². The molecule has 3 rings (SSSR count). The predicted molar refractivity (Wildman–Crippen MR) is 100 cm³/mol. The quantitative estimate of drug-likeness (QED) is 0.883. The van der Waals surface area contributed by atoms with Crippen LogP contribution in [0.25, 0.3) is 0 Å². The molecule has 0 aliphatic carbocycles. The zero-order chi connectivity index (χ0) is 18.7.